The van der Waals surface area contributed by atoms with E-state index in [4.69, 9.17) is 11.6 Å². The summed E-state index contributed by atoms with van der Waals surface area (Å²) in [5, 5.41) is 6.26. The summed E-state index contributed by atoms with van der Waals surface area (Å²) in [6.07, 6.45) is 0.235. The van der Waals surface area contributed by atoms with Gasteiger partial charge in [0.15, 0.2) is 0 Å². The predicted octanol–water partition coefficient (Wildman–Crippen LogP) is 2.00. The number of thioether (sulfide) groups is 1. The van der Waals surface area contributed by atoms with Gasteiger partial charge >= 0.3 is 0 Å². The molecule has 0 spiro atoms. The lowest BCUT2D eigenvalue weighted by atomic mass is 10.2. The van der Waals surface area contributed by atoms with Gasteiger partial charge in [-0.05, 0) is 18.2 Å². The first kappa shape index (κ1) is 17.4. The first-order valence-corrected chi connectivity index (χ1v) is 8.15. The molecule has 2 aliphatic rings. The summed E-state index contributed by atoms with van der Waals surface area (Å²) in [6, 6.07) is 5.40. The molecule has 0 bridgehead atoms. The zero-order chi connectivity index (χ0) is 14.8. The number of halogens is 2. The summed E-state index contributed by atoms with van der Waals surface area (Å²) >= 11 is 7.35. The van der Waals surface area contributed by atoms with Crippen molar-refractivity contribution in [2.24, 2.45) is 0 Å². The molecule has 3 rings (SSSR count). The van der Waals surface area contributed by atoms with Gasteiger partial charge in [0.2, 0.25) is 11.8 Å². The van der Waals surface area contributed by atoms with E-state index >= 15 is 0 Å². The fourth-order valence-electron chi connectivity index (χ4n) is 2.46. The van der Waals surface area contributed by atoms with Crippen LogP contribution in [0.3, 0.4) is 0 Å². The molecule has 1 aromatic carbocycles. The number of carbonyl (C=O) groups excluding carboxylic acids is 2. The highest BCUT2D eigenvalue weighted by Crippen LogP contribution is 2.38. The van der Waals surface area contributed by atoms with Crippen molar-refractivity contribution in [3.05, 3.63) is 23.2 Å². The molecule has 2 heterocycles. The Bertz CT molecular complexity index is 579. The Kier molecular flexibility index (Phi) is 5.97. The van der Waals surface area contributed by atoms with Gasteiger partial charge in [0.05, 0.1) is 10.9 Å². The van der Waals surface area contributed by atoms with Gasteiger partial charge in [0.25, 0.3) is 0 Å². The van der Waals surface area contributed by atoms with E-state index in [-0.39, 0.29) is 35.9 Å². The van der Waals surface area contributed by atoms with Gasteiger partial charge in [0, 0.05) is 42.5 Å². The molecule has 0 aromatic heterocycles. The summed E-state index contributed by atoms with van der Waals surface area (Å²) in [4.78, 5) is 27.2. The Labute approximate surface area is 144 Å². The number of hydrogen-bond acceptors (Lipinski definition) is 4. The Morgan fingerprint density at radius 2 is 2.09 bits per heavy atom. The van der Waals surface area contributed by atoms with Crippen molar-refractivity contribution in [1.82, 2.24) is 10.2 Å². The highest BCUT2D eigenvalue weighted by atomic mass is 35.5. The molecule has 1 aromatic rings. The number of piperazine rings is 1. The maximum Gasteiger partial charge on any atom is 0.238 e. The number of nitrogens with one attached hydrogen (secondary N) is 2. The van der Waals surface area contributed by atoms with Gasteiger partial charge in [0.1, 0.15) is 0 Å². The summed E-state index contributed by atoms with van der Waals surface area (Å²) in [5.74, 6) is -0.0835. The Morgan fingerprint density at radius 1 is 1.36 bits per heavy atom. The average Bonchev–Trinajstić information content (AvgIpc) is 2.49. The lowest BCUT2D eigenvalue weighted by Gasteiger charge is -2.30. The smallest absolute Gasteiger partial charge is 0.238 e. The monoisotopic (exact) mass is 361 g/mol. The molecule has 1 fully saturated rings. The molecule has 22 heavy (non-hydrogen) atoms. The van der Waals surface area contributed by atoms with Gasteiger partial charge in [-0.2, -0.15) is 0 Å². The van der Waals surface area contributed by atoms with Gasteiger partial charge in [-0.15, -0.1) is 24.2 Å². The van der Waals surface area contributed by atoms with Crippen molar-refractivity contribution >= 4 is 53.3 Å². The van der Waals surface area contributed by atoms with Crippen LogP contribution in [0.25, 0.3) is 0 Å². The summed E-state index contributed by atoms with van der Waals surface area (Å²) in [7, 11) is 0. The highest BCUT2D eigenvalue weighted by molar-refractivity contribution is 8.01. The molecule has 2 amide bonds. The molecule has 2 aliphatic heterocycles. The molecule has 1 saturated heterocycles. The van der Waals surface area contributed by atoms with Gasteiger partial charge in [-0.1, -0.05) is 11.6 Å². The minimum atomic E-state index is -0.374. The van der Waals surface area contributed by atoms with Crippen LogP contribution in [0.5, 0.6) is 0 Å². The normalized spacial score (nSPS) is 20.7. The number of hydrogen-bond donors (Lipinski definition) is 2. The minimum Gasteiger partial charge on any atom is -0.340 e. The maximum atomic E-state index is 12.3. The van der Waals surface area contributed by atoms with E-state index in [2.05, 4.69) is 10.6 Å². The molecular weight excluding hydrogens is 345 g/mol. The third-order valence-corrected chi connectivity index (χ3v) is 5.10. The van der Waals surface area contributed by atoms with Crippen LogP contribution in [-0.4, -0.2) is 48.1 Å². The van der Waals surface area contributed by atoms with Crippen LogP contribution in [0, 0.1) is 0 Å². The fourth-order valence-corrected chi connectivity index (χ4v) is 3.71. The highest BCUT2D eigenvalue weighted by Gasteiger charge is 2.30. The molecule has 120 valence electrons. The second-order valence-corrected chi connectivity index (χ2v) is 6.75. The SMILES string of the molecule is Cl.O=C1Nc2cc(Cl)ccc2SC1CC(=O)N1CCNCC1. The van der Waals surface area contributed by atoms with Gasteiger partial charge in [-0.3, -0.25) is 9.59 Å². The number of amides is 2. The molecule has 5 nitrogen and oxygen atoms in total. The first-order chi connectivity index (χ1) is 10.1. The van der Waals surface area contributed by atoms with Crippen molar-refractivity contribution < 1.29 is 9.59 Å². The lowest BCUT2D eigenvalue weighted by molar-refractivity contribution is -0.133. The van der Waals surface area contributed by atoms with Crippen LogP contribution < -0.4 is 10.6 Å². The van der Waals surface area contributed by atoms with Gasteiger partial charge < -0.3 is 15.5 Å². The van der Waals surface area contributed by atoms with E-state index in [9.17, 15) is 9.59 Å². The van der Waals surface area contributed by atoms with Crippen molar-refractivity contribution in [3.63, 3.8) is 0 Å². The summed E-state index contributed by atoms with van der Waals surface area (Å²) < 4.78 is 0. The van der Waals surface area contributed by atoms with Crippen LogP contribution in [0.2, 0.25) is 5.02 Å². The summed E-state index contributed by atoms with van der Waals surface area (Å²) in [5.41, 5.74) is 0.725. The number of benzene rings is 1. The van der Waals surface area contributed by atoms with Crippen molar-refractivity contribution in [1.29, 1.82) is 0 Å². The third kappa shape index (κ3) is 3.87. The molecular formula is C14H17Cl2N3O2S. The minimum absolute atomic E-state index is 0. The van der Waals surface area contributed by atoms with Crippen LogP contribution in [-0.2, 0) is 9.59 Å². The molecule has 0 radical (unpaired) electrons. The number of fused-ring (bicyclic) bond motifs is 1. The second kappa shape index (κ2) is 7.55. The molecule has 1 unspecified atom stereocenters. The van der Waals surface area contributed by atoms with Crippen LogP contribution >= 0.6 is 35.8 Å². The Balaban J connectivity index is 0.00000176. The van der Waals surface area contributed by atoms with E-state index in [1.54, 1.807) is 12.1 Å². The zero-order valence-electron chi connectivity index (χ0n) is 11.8. The quantitative estimate of drug-likeness (QED) is 0.845. The molecule has 0 aliphatic carbocycles. The predicted molar refractivity (Wildman–Crippen MR) is 91.0 cm³/mol. The molecule has 8 heteroatoms. The van der Waals surface area contributed by atoms with E-state index in [0.717, 1.165) is 23.7 Å². The average molecular weight is 362 g/mol. The van der Waals surface area contributed by atoms with Crippen molar-refractivity contribution in [2.45, 2.75) is 16.6 Å². The maximum absolute atomic E-state index is 12.3. The standard InChI is InChI=1S/C14H16ClN3O2S.ClH/c15-9-1-2-11-10(7-9)17-14(20)12(21-11)8-13(19)18-5-3-16-4-6-18;/h1-2,7,12,16H,3-6,8H2,(H,17,20);1H. The summed E-state index contributed by atoms with van der Waals surface area (Å²) in [6.45, 7) is 3.06. The van der Waals surface area contributed by atoms with E-state index in [0.29, 0.717) is 18.1 Å². The number of anilines is 1. The third-order valence-electron chi connectivity index (χ3n) is 3.59. The fraction of sp³-hybridized carbons (Fsp3) is 0.429. The Morgan fingerprint density at radius 3 is 2.82 bits per heavy atom. The number of rotatable bonds is 2. The van der Waals surface area contributed by atoms with Crippen LogP contribution in [0.1, 0.15) is 6.42 Å². The Hall–Kier alpha value is -0.950. The number of nitrogens with zero attached hydrogens (tertiary/aromatic N) is 1. The molecule has 0 saturated carbocycles. The van der Waals surface area contributed by atoms with Crippen LogP contribution in [0.4, 0.5) is 5.69 Å². The van der Waals surface area contributed by atoms with E-state index in [1.165, 1.54) is 11.8 Å². The van der Waals surface area contributed by atoms with E-state index in [1.807, 2.05) is 11.0 Å². The molecule has 1 atom stereocenters. The topological polar surface area (TPSA) is 61.4 Å². The zero-order valence-corrected chi connectivity index (χ0v) is 14.2. The molecule has 2 N–H and O–H groups in total. The van der Waals surface area contributed by atoms with E-state index < -0.39 is 0 Å². The lowest BCUT2D eigenvalue weighted by Crippen LogP contribution is -2.47. The first-order valence-electron chi connectivity index (χ1n) is 6.89. The van der Waals surface area contributed by atoms with Gasteiger partial charge in [-0.25, -0.2) is 0 Å². The number of carbonyl (C=O) groups is 2. The van der Waals surface area contributed by atoms with Crippen molar-refractivity contribution in [2.75, 3.05) is 31.5 Å². The van der Waals surface area contributed by atoms with Crippen molar-refractivity contribution in [3.8, 4) is 0 Å². The second-order valence-electron chi connectivity index (χ2n) is 5.07. The van der Waals surface area contributed by atoms with Crippen LogP contribution in [0.15, 0.2) is 23.1 Å². The largest absolute Gasteiger partial charge is 0.340 e.